The van der Waals surface area contributed by atoms with Crippen LogP contribution < -0.4 is 4.90 Å². The topological polar surface area (TPSA) is 96.3 Å². The highest BCUT2D eigenvalue weighted by molar-refractivity contribution is 9.10. The molecule has 1 aliphatic heterocycles. The van der Waals surface area contributed by atoms with Crippen molar-refractivity contribution in [3.63, 3.8) is 0 Å². The zero-order valence-electron chi connectivity index (χ0n) is 19.4. The molecule has 1 amide bonds. The number of thiazole rings is 1. The maximum absolute atomic E-state index is 13.7. The molecule has 0 fully saturated rings. The molecule has 0 radical (unpaired) electrons. The molecule has 5 rings (SSSR count). The minimum atomic E-state index is -0.864. The van der Waals surface area contributed by atoms with Gasteiger partial charge in [0.25, 0.3) is 5.91 Å². The van der Waals surface area contributed by atoms with E-state index in [-0.39, 0.29) is 5.57 Å². The predicted octanol–water partition coefficient (Wildman–Crippen LogP) is 7.10. The first kappa shape index (κ1) is 26.1. The van der Waals surface area contributed by atoms with Crippen molar-refractivity contribution in [2.45, 2.75) is 30.0 Å². The average molecular weight is 634 g/mol. The van der Waals surface area contributed by atoms with Crippen LogP contribution in [-0.2, 0) is 10.5 Å². The van der Waals surface area contributed by atoms with E-state index in [0.717, 1.165) is 15.0 Å². The summed E-state index contributed by atoms with van der Waals surface area (Å²) in [6.45, 7) is 3.55. The van der Waals surface area contributed by atoms with Crippen molar-refractivity contribution in [1.29, 1.82) is 0 Å². The molecule has 2 aromatic carbocycles. The smallest absolute Gasteiger partial charge is 0.296 e. The fourth-order valence-corrected chi connectivity index (χ4v) is 7.03. The first-order valence-corrected chi connectivity index (χ1v) is 14.7. The largest absolute Gasteiger partial charge is 0.503 e. The molecule has 7 nitrogen and oxygen atoms in total. The molecular formula is C25H18BrClN4O3S3. The van der Waals surface area contributed by atoms with Crippen molar-refractivity contribution < 1.29 is 14.7 Å². The first-order chi connectivity index (χ1) is 17.7. The maximum atomic E-state index is 13.7. The summed E-state index contributed by atoms with van der Waals surface area (Å²) in [4.78, 5) is 33.1. The van der Waals surface area contributed by atoms with E-state index in [0.29, 0.717) is 36.4 Å². The van der Waals surface area contributed by atoms with Gasteiger partial charge >= 0.3 is 0 Å². The molecule has 0 bridgehead atoms. The van der Waals surface area contributed by atoms with Crippen LogP contribution in [0.5, 0.6) is 0 Å². The number of carbonyl (C=O) groups is 2. The maximum Gasteiger partial charge on any atom is 0.296 e. The van der Waals surface area contributed by atoms with Crippen LogP contribution in [0.2, 0.25) is 5.02 Å². The number of aromatic nitrogens is 3. The zero-order valence-corrected chi connectivity index (χ0v) is 24.2. The van der Waals surface area contributed by atoms with Crippen molar-refractivity contribution in [3.8, 4) is 0 Å². The lowest BCUT2D eigenvalue weighted by Gasteiger charge is -2.24. The second kappa shape index (κ2) is 10.7. The monoisotopic (exact) mass is 632 g/mol. The van der Waals surface area contributed by atoms with E-state index >= 15 is 0 Å². The Labute approximate surface area is 238 Å². The van der Waals surface area contributed by atoms with E-state index in [1.807, 2.05) is 55.5 Å². The fourth-order valence-electron chi connectivity index (χ4n) is 3.94. The highest BCUT2D eigenvalue weighted by Crippen LogP contribution is 2.44. The fraction of sp³-hybridized carbons (Fsp3) is 0.160. The summed E-state index contributed by atoms with van der Waals surface area (Å²) in [6, 6.07) is 13.9. The summed E-state index contributed by atoms with van der Waals surface area (Å²) in [5.74, 6) is -1.06. The number of halogens is 2. The number of thioether (sulfide) groups is 1. The van der Waals surface area contributed by atoms with E-state index in [4.69, 9.17) is 11.6 Å². The summed E-state index contributed by atoms with van der Waals surface area (Å²) in [5, 5.41) is 21.2. The lowest BCUT2D eigenvalue weighted by molar-refractivity contribution is -0.117. The molecule has 37 heavy (non-hydrogen) atoms. The van der Waals surface area contributed by atoms with Gasteiger partial charge in [0, 0.05) is 15.2 Å². The molecule has 188 valence electrons. The van der Waals surface area contributed by atoms with Crippen LogP contribution >= 0.6 is 62.0 Å². The second-order valence-electron chi connectivity index (χ2n) is 8.13. The molecule has 2 aromatic heterocycles. The number of rotatable bonds is 7. The summed E-state index contributed by atoms with van der Waals surface area (Å²) in [7, 11) is 0. The third-order valence-corrected chi connectivity index (χ3v) is 9.60. The van der Waals surface area contributed by atoms with Crippen LogP contribution in [0.4, 0.5) is 5.13 Å². The van der Waals surface area contributed by atoms with Crippen LogP contribution in [0.15, 0.2) is 68.7 Å². The number of amides is 1. The zero-order chi connectivity index (χ0) is 26.3. The van der Waals surface area contributed by atoms with Gasteiger partial charge in [0.15, 0.2) is 10.1 Å². The minimum absolute atomic E-state index is 0.00430. The lowest BCUT2D eigenvalue weighted by Crippen LogP contribution is -2.31. The molecule has 1 unspecified atom stereocenters. The summed E-state index contributed by atoms with van der Waals surface area (Å²) in [6.07, 6.45) is 0. The van der Waals surface area contributed by atoms with Crippen LogP contribution in [-0.4, -0.2) is 32.0 Å². The molecule has 0 saturated heterocycles. The lowest BCUT2D eigenvalue weighted by atomic mass is 9.95. The van der Waals surface area contributed by atoms with Crippen molar-refractivity contribution in [2.24, 2.45) is 0 Å². The molecule has 0 saturated carbocycles. The van der Waals surface area contributed by atoms with E-state index in [1.165, 1.54) is 39.3 Å². The number of aliphatic hydroxyl groups excluding tert-OH is 1. The Bertz CT molecular complexity index is 1530. The third-order valence-electron chi connectivity index (χ3n) is 5.63. The molecule has 0 aliphatic carbocycles. The van der Waals surface area contributed by atoms with Gasteiger partial charge in [0.2, 0.25) is 10.9 Å². The molecule has 1 N–H and O–H groups in total. The number of anilines is 1. The number of carbonyl (C=O) groups excluding carboxylic acids is 2. The summed E-state index contributed by atoms with van der Waals surface area (Å²) < 4.78 is 1.50. The van der Waals surface area contributed by atoms with Crippen LogP contribution in [0.3, 0.4) is 0 Å². The molecule has 12 heteroatoms. The van der Waals surface area contributed by atoms with Crippen LogP contribution in [0, 0.1) is 13.8 Å². The number of aliphatic hydroxyl groups is 1. The quantitative estimate of drug-likeness (QED) is 0.132. The van der Waals surface area contributed by atoms with E-state index in [9.17, 15) is 14.7 Å². The van der Waals surface area contributed by atoms with E-state index < -0.39 is 23.5 Å². The predicted molar refractivity (Wildman–Crippen MR) is 151 cm³/mol. The number of nitrogens with zero attached hydrogens (tertiary/aromatic N) is 4. The second-order valence-corrected chi connectivity index (χ2v) is 12.9. The number of benzene rings is 2. The summed E-state index contributed by atoms with van der Waals surface area (Å²) >= 11 is 13.3. The van der Waals surface area contributed by atoms with Gasteiger partial charge in [-0.05, 0) is 49.2 Å². The SMILES string of the molecule is Cc1nc(C)c(C(=O)C2=C(O)C(=O)N(c3nnc(SCc4ccc(Cl)cc4)s3)C2c2ccc(Br)cc2)s1. The van der Waals surface area contributed by atoms with Gasteiger partial charge in [0.1, 0.15) is 0 Å². The average Bonchev–Trinajstić information content (AvgIpc) is 3.55. The van der Waals surface area contributed by atoms with Crippen molar-refractivity contribution in [3.05, 3.63) is 96.1 Å². The number of hydrogen-bond donors (Lipinski definition) is 1. The highest BCUT2D eigenvalue weighted by Gasteiger charge is 2.46. The standard InChI is InChI=1S/C25H18BrClN4O3S3/c1-12-22(36-13(2)28-12)20(32)18-19(15-5-7-16(26)8-6-15)31(23(34)21(18)33)24-29-30-25(37-24)35-11-14-3-9-17(27)10-4-14/h3-10,19,33H,11H2,1-2H3. The molecule has 1 aliphatic rings. The number of aryl methyl sites for hydroxylation is 2. The third kappa shape index (κ3) is 5.23. The molecule has 3 heterocycles. The molecule has 0 spiro atoms. The Morgan fingerprint density at radius 2 is 1.81 bits per heavy atom. The van der Waals surface area contributed by atoms with Crippen molar-refractivity contribution >= 4 is 78.8 Å². The Morgan fingerprint density at radius 3 is 2.46 bits per heavy atom. The van der Waals surface area contributed by atoms with Crippen molar-refractivity contribution in [2.75, 3.05) is 4.90 Å². The molecular weight excluding hydrogens is 616 g/mol. The van der Waals surface area contributed by atoms with Crippen molar-refractivity contribution in [1.82, 2.24) is 15.2 Å². The van der Waals surface area contributed by atoms with Crippen LogP contribution in [0.1, 0.15) is 37.5 Å². The van der Waals surface area contributed by atoms with E-state index in [2.05, 4.69) is 31.1 Å². The number of Topliss-reactive ketones (excluding diaryl/α,β-unsaturated/α-hetero) is 1. The van der Waals surface area contributed by atoms with Gasteiger partial charge in [-0.25, -0.2) is 4.98 Å². The van der Waals surface area contributed by atoms with Crippen LogP contribution in [0.25, 0.3) is 0 Å². The minimum Gasteiger partial charge on any atom is -0.503 e. The first-order valence-electron chi connectivity index (χ1n) is 10.9. The Balaban J connectivity index is 1.50. The van der Waals surface area contributed by atoms with Gasteiger partial charge < -0.3 is 5.11 Å². The van der Waals surface area contributed by atoms with E-state index in [1.54, 1.807) is 6.92 Å². The molecule has 1 atom stereocenters. The van der Waals surface area contributed by atoms with Gasteiger partial charge in [-0.2, -0.15) is 0 Å². The number of ketones is 1. The normalized spacial score (nSPS) is 15.6. The summed E-state index contributed by atoms with van der Waals surface area (Å²) in [5.41, 5.74) is 2.29. The Morgan fingerprint density at radius 1 is 1.11 bits per heavy atom. The van der Waals surface area contributed by atoms with Gasteiger partial charge in [-0.3, -0.25) is 14.5 Å². The molecule has 4 aromatic rings. The van der Waals surface area contributed by atoms with Gasteiger partial charge in [-0.15, -0.1) is 21.5 Å². The van der Waals surface area contributed by atoms with Gasteiger partial charge in [0.05, 0.1) is 27.2 Å². The Kier molecular flexibility index (Phi) is 7.51. The Hall–Kier alpha value is -2.57. The van der Waals surface area contributed by atoms with Gasteiger partial charge in [-0.1, -0.05) is 74.9 Å². The highest BCUT2D eigenvalue weighted by atomic mass is 79.9. The number of hydrogen-bond acceptors (Lipinski definition) is 9.